The zero-order valence-electron chi connectivity index (χ0n) is 10.6. The molecule has 0 bridgehead atoms. The Morgan fingerprint density at radius 3 is 2.79 bits per heavy atom. The molecule has 2 rings (SSSR count). The van der Waals surface area contributed by atoms with Crippen molar-refractivity contribution in [1.29, 1.82) is 0 Å². The van der Waals surface area contributed by atoms with Gasteiger partial charge in [0, 0.05) is 18.2 Å². The van der Waals surface area contributed by atoms with E-state index in [0.29, 0.717) is 6.61 Å². The molecular weight excluding hydrogens is 270 g/mol. The molecule has 1 aromatic carbocycles. The van der Waals surface area contributed by atoms with Crippen molar-refractivity contribution >= 4 is 22.9 Å². The maximum Gasteiger partial charge on any atom is 0.182 e. The third-order valence-corrected chi connectivity index (χ3v) is 3.41. The van der Waals surface area contributed by atoms with Crippen LogP contribution in [0.25, 0.3) is 0 Å². The molecule has 0 aliphatic carbocycles. The molecule has 2 unspecified atom stereocenters. The van der Waals surface area contributed by atoms with E-state index in [1.807, 2.05) is 6.92 Å². The molecule has 3 N–H and O–H groups in total. The molecule has 1 saturated heterocycles. The lowest BCUT2D eigenvalue weighted by molar-refractivity contribution is 0.0232. The van der Waals surface area contributed by atoms with Crippen molar-refractivity contribution < 1.29 is 13.5 Å². The molecule has 0 radical (unpaired) electrons. The van der Waals surface area contributed by atoms with Crippen LogP contribution in [-0.4, -0.2) is 23.7 Å². The van der Waals surface area contributed by atoms with E-state index in [4.69, 9.17) is 10.5 Å². The highest BCUT2D eigenvalue weighted by Gasteiger charge is 2.22. The minimum Gasteiger partial charge on any atom is -0.389 e. The Hall–Kier alpha value is -1.27. The number of ether oxygens (including phenoxy) is 1. The van der Waals surface area contributed by atoms with E-state index in [2.05, 4.69) is 17.5 Å². The number of nitrogens with one attached hydrogen (secondary N) is 1. The number of rotatable bonds is 3. The van der Waals surface area contributed by atoms with E-state index < -0.39 is 11.6 Å². The van der Waals surface area contributed by atoms with Crippen LogP contribution in [0, 0.1) is 11.6 Å². The average Bonchev–Trinajstić information content (AvgIpc) is 2.35. The van der Waals surface area contributed by atoms with Crippen LogP contribution >= 0.6 is 12.2 Å². The molecule has 2 atom stereocenters. The van der Waals surface area contributed by atoms with Crippen molar-refractivity contribution in [2.45, 2.75) is 31.9 Å². The largest absolute Gasteiger partial charge is 0.389 e. The maximum atomic E-state index is 13.9. The van der Waals surface area contributed by atoms with Crippen LogP contribution in [0.15, 0.2) is 12.1 Å². The van der Waals surface area contributed by atoms with Crippen LogP contribution in [0.1, 0.15) is 25.3 Å². The molecule has 19 heavy (non-hydrogen) atoms. The van der Waals surface area contributed by atoms with E-state index in [1.165, 1.54) is 12.1 Å². The quantitative estimate of drug-likeness (QED) is 0.838. The number of nitrogens with two attached hydrogens (primary N) is 1. The molecule has 1 aliphatic heterocycles. The molecule has 104 valence electrons. The van der Waals surface area contributed by atoms with Gasteiger partial charge in [0.25, 0.3) is 0 Å². The van der Waals surface area contributed by atoms with Gasteiger partial charge >= 0.3 is 0 Å². The number of halogens is 2. The van der Waals surface area contributed by atoms with Gasteiger partial charge < -0.3 is 15.8 Å². The lowest BCUT2D eigenvalue weighted by Crippen LogP contribution is -2.32. The molecule has 0 spiro atoms. The monoisotopic (exact) mass is 286 g/mol. The highest BCUT2D eigenvalue weighted by Crippen LogP contribution is 2.24. The molecule has 1 fully saturated rings. The van der Waals surface area contributed by atoms with Crippen molar-refractivity contribution in [3.63, 3.8) is 0 Å². The number of thiocarbonyl (C=S) groups is 1. The predicted octanol–water partition coefficient (Wildman–Crippen LogP) is 2.58. The van der Waals surface area contributed by atoms with Gasteiger partial charge in [-0.05, 0) is 31.9 Å². The van der Waals surface area contributed by atoms with Crippen LogP contribution in [0.5, 0.6) is 0 Å². The van der Waals surface area contributed by atoms with E-state index in [0.717, 1.165) is 12.8 Å². The summed E-state index contributed by atoms with van der Waals surface area (Å²) in [4.78, 5) is -0.150. The molecule has 1 heterocycles. The number of hydrogen-bond acceptors (Lipinski definition) is 3. The first-order chi connectivity index (χ1) is 8.99. The zero-order chi connectivity index (χ0) is 14.0. The second kappa shape index (κ2) is 5.79. The van der Waals surface area contributed by atoms with E-state index in [9.17, 15) is 8.78 Å². The van der Waals surface area contributed by atoms with Crippen molar-refractivity contribution in [2.75, 3.05) is 11.9 Å². The lowest BCUT2D eigenvalue weighted by atomic mass is 10.0. The molecule has 3 nitrogen and oxygen atoms in total. The van der Waals surface area contributed by atoms with E-state index in [1.54, 1.807) is 0 Å². The summed E-state index contributed by atoms with van der Waals surface area (Å²) in [5.41, 5.74) is 5.39. The van der Waals surface area contributed by atoms with Crippen LogP contribution in [0.4, 0.5) is 14.5 Å². The van der Waals surface area contributed by atoms with Crippen LogP contribution in [0.2, 0.25) is 0 Å². The molecular formula is C13H16F2N2OS. The van der Waals surface area contributed by atoms with Gasteiger partial charge in [-0.25, -0.2) is 8.78 Å². The first-order valence-electron chi connectivity index (χ1n) is 6.15. The summed E-state index contributed by atoms with van der Waals surface area (Å²) in [5, 5.41) is 3.01. The molecule has 0 aromatic heterocycles. The highest BCUT2D eigenvalue weighted by molar-refractivity contribution is 7.80. The van der Waals surface area contributed by atoms with E-state index >= 15 is 0 Å². The third-order valence-electron chi connectivity index (χ3n) is 3.19. The summed E-state index contributed by atoms with van der Waals surface area (Å²) in [6.07, 6.45) is 1.65. The van der Waals surface area contributed by atoms with Crippen molar-refractivity contribution in [3.05, 3.63) is 29.3 Å². The molecule has 0 saturated carbocycles. The third kappa shape index (κ3) is 3.19. The molecule has 0 amide bonds. The maximum absolute atomic E-state index is 13.9. The number of benzene rings is 1. The van der Waals surface area contributed by atoms with Crippen LogP contribution in [-0.2, 0) is 4.74 Å². The Morgan fingerprint density at radius 2 is 2.16 bits per heavy atom. The van der Waals surface area contributed by atoms with Gasteiger partial charge in [-0.1, -0.05) is 12.2 Å². The van der Waals surface area contributed by atoms with Gasteiger partial charge in [0.15, 0.2) is 11.6 Å². The first-order valence-corrected chi connectivity index (χ1v) is 6.55. The van der Waals surface area contributed by atoms with Crippen molar-refractivity contribution in [1.82, 2.24) is 0 Å². The predicted molar refractivity (Wildman–Crippen MR) is 74.3 cm³/mol. The smallest absolute Gasteiger partial charge is 0.182 e. The Morgan fingerprint density at radius 1 is 1.42 bits per heavy atom. The average molecular weight is 286 g/mol. The molecule has 6 heteroatoms. The molecule has 1 aromatic rings. The highest BCUT2D eigenvalue weighted by atomic mass is 32.1. The summed E-state index contributed by atoms with van der Waals surface area (Å²) in [6, 6.07) is 2.94. The van der Waals surface area contributed by atoms with E-state index in [-0.39, 0.29) is 28.4 Å². The minimum absolute atomic E-state index is 0.0709. The zero-order valence-corrected chi connectivity index (χ0v) is 11.4. The second-order valence-corrected chi connectivity index (χ2v) is 5.14. The second-order valence-electron chi connectivity index (χ2n) is 4.70. The summed E-state index contributed by atoms with van der Waals surface area (Å²) in [7, 11) is 0. The SMILES string of the molecule is CC1CC(Nc2ccc(C(N)=S)c(F)c2F)CCO1. The summed E-state index contributed by atoms with van der Waals surface area (Å²) >= 11 is 4.66. The number of anilines is 1. The van der Waals surface area contributed by atoms with Gasteiger partial charge in [-0.2, -0.15) is 0 Å². The fourth-order valence-corrected chi connectivity index (χ4v) is 2.36. The first kappa shape index (κ1) is 14.1. The Labute approximate surface area is 116 Å². The normalized spacial score (nSPS) is 23.1. The van der Waals surface area contributed by atoms with Gasteiger partial charge in [0.05, 0.1) is 11.8 Å². The standard InChI is InChI=1S/C13H16F2N2OS/c1-7-6-8(4-5-18-7)17-10-3-2-9(13(16)19)11(14)12(10)15/h2-3,7-8,17H,4-6H2,1H3,(H2,16,19). The number of hydrogen-bond donors (Lipinski definition) is 2. The molecule has 1 aliphatic rings. The summed E-state index contributed by atoms with van der Waals surface area (Å²) in [5.74, 6) is -1.94. The van der Waals surface area contributed by atoms with Gasteiger partial charge in [0.2, 0.25) is 0 Å². The van der Waals surface area contributed by atoms with Gasteiger partial charge in [0.1, 0.15) is 4.99 Å². The summed E-state index contributed by atoms with van der Waals surface area (Å²) < 4.78 is 33.0. The fourth-order valence-electron chi connectivity index (χ4n) is 2.20. The van der Waals surface area contributed by atoms with Crippen LogP contribution in [0.3, 0.4) is 0 Å². The lowest BCUT2D eigenvalue weighted by Gasteiger charge is -2.28. The van der Waals surface area contributed by atoms with Crippen LogP contribution < -0.4 is 11.1 Å². The Bertz CT molecular complexity index is 496. The topological polar surface area (TPSA) is 47.3 Å². The summed E-state index contributed by atoms with van der Waals surface area (Å²) in [6.45, 7) is 2.58. The van der Waals surface area contributed by atoms with Gasteiger partial charge in [-0.3, -0.25) is 0 Å². The Balaban J connectivity index is 2.17. The Kier molecular flexibility index (Phi) is 4.31. The minimum atomic E-state index is -1.00. The fraction of sp³-hybridized carbons (Fsp3) is 0.462. The van der Waals surface area contributed by atoms with Crippen molar-refractivity contribution in [2.24, 2.45) is 5.73 Å². The van der Waals surface area contributed by atoms with Gasteiger partial charge in [-0.15, -0.1) is 0 Å². The van der Waals surface area contributed by atoms with Crippen molar-refractivity contribution in [3.8, 4) is 0 Å².